The van der Waals surface area contributed by atoms with Crippen LogP contribution >= 0.6 is 0 Å². The largest absolute Gasteiger partial charge is 0.480 e. The molecule has 1 aromatic carbocycles. The van der Waals surface area contributed by atoms with Crippen molar-refractivity contribution >= 4 is 17.8 Å². The molecule has 0 heterocycles. The van der Waals surface area contributed by atoms with Crippen molar-refractivity contribution in [3.8, 4) is 0 Å². The standard InChI is InChI=1S/C20H29NO5/c1-19(2,3)26-16(22)13-20(4,5)18(25)21-15(17(23)24)12-11-14-9-7-6-8-10-14/h6-10,15H,11-13H2,1-5H3,(H,21,25)(H,23,24)/t15-/m1/s1. The van der Waals surface area contributed by atoms with Gasteiger partial charge in [0.15, 0.2) is 0 Å². The summed E-state index contributed by atoms with van der Waals surface area (Å²) in [5.74, 6) is -2.07. The Labute approximate surface area is 154 Å². The molecule has 0 radical (unpaired) electrons. The van der Waals surface area contributed by atoms with E-state index in [0.717, 1.165) is 5.56 Å². The van der Waals surface area contributed by atoms with Crippen LogP contribution in [0.1, 0.15) is 53.0 Å². The van der Waals surface area contributed by atoms with E-state index in [9.17, 15) is 19.5 Å². The van der Waals surface area contributed by atoms with Crippen molar-refractivity contribution in [1.29, 1.82) is 0 Å². The summed E-state index contributed by atoms with van der Waals surface area (Å²) in [4.78, 5) is 36.0. The lowest BCUT2D eigenvalue weighted by Gasteiger charge is -2.27. The van der Waals surface area contributed by atoms with Gasteiger partial charge >= 0.3 is 11.9 Å². The molecule has 1 aromatic rings. The number of nitrogens with one attached hydrogen (secondary N) is 1. The first kappa shape index (κ1) is 21.7. The van der Waals surface area contributed by atoms with Gasteiger partial charge < -0.3 is 15.2 Å². The number of carboxylic acids is 1. The van der Waals surface area contributed by atoms with Gasteiger partial charge in [-0.25, -0.2) is 4.79 Å². The van der Waals surface area contributed by atoms with E-state index >= 15 is 0 Å². The van der Waals surface area contributed by atoms with Crippen LogP contribution in [-0.2, 0) is 25.5 Å². The van der Waals surface area contributed by atoms with E-state index in [2.05, 4.69) is 5.32 Å². The number of carbonyl (C=O) groups excluding carboxylic acids is 2. The van der Waals surface area contributed by atoms with Crippen LogP contribution in [0.3, 0.4) is 0 Å². The zero-order valence-electron chi connectivity index (χ0n) is 16.2. The minimum Gasteiger partial charge on any atom is -0.480 e. The Bertz CT molecular complexity index is 631. The van der Waals surface area contributed by atoms with E-state index in [1.807, 2.05) is 30.3 Å². The number of hydrogen-bond acceptors (Lipinski definition) is 4. The van der Waals surface area contributed by atoms with Crippen LogP contribution in [0, 0.1) is 5.41 Å². The second kappa shape index (κ2) is 8.83. The summed E-state index contributed by atoms with van der Waals surface area (Å²) in [6, 6.07) is 8.46. The van der Waals surface area contributed by atoms with Gasteiger partial charge in [-0.2, -0.15) is 0 Å². The van der Waals surface area contributed by atoms with Gasteiger partial charge in [-0.1, -0.05) is 44.2 Å². The third-order valence-electron chi connectivity index (χ3n) is 3.79. The maximum atomic E-state index is 12.5. The molecule has 1 rings (SSSR count). The Balaban J connectivity index is 2.67. The molecule has 0 unspecified atom stereocenters. The van der Waals surface area contributed by atoms with Crippen LogP contribution in [0.5, 0.6) is 0 Å². The molecule has 0 bridgehead atoms. The first-order chi connectivity index (χ1) is 11.9. The third kappa shape index (κ3) is 7.68. The molecule has 0 aliphatic carbocycles. The van der Waals surface area contributed by atoms with E-state index in [-0.39, 0.29) is 12.8 Å². The Hall–Kier alpha value is -2.37. The Morgan fingerprint density at radius 1 is 1.08 bits per heavy atom. The van der Waals surface area contributed by atoms with Gasteiger partial charge in [0.1, 0.15) is 11.6 Å². The van der Waals surface area contributed by atoms with Gasteiger partial charge in [-0.3, -0.25) is 9.59 Å². The van der Waals surface area contributed by atoms with Crippen molar-refractivity contribution in [1.82, 2.24) is 5.32 Å². The number of carboxylic acid groups (broad SMARTS) is 1. The van der Waals surface area contributed by atoms with E-state index in [0.29, 0.717) is 6.42 Å². The van der Waals surface area contributed by atoms with E-state index in [4.69, 9.17) is 4.74 Å². The molecule has 0 saturated heterocycles. The summed E-state index contributed by atoms with van der Waals surface area (Å²) in [6.45, 7) is 8.46. The zero-order chi connectivity index (χ0) is 20.0. The lowest BCUT2D eigenvalue weighted by molar-refractivity contribution is -0.159. The molecule has 1 amide bonds. The number of aliphatic carboxylic acids is 1. The number of benzene rings is 1. The van der Waals surface area contributed by atoms with E-state index in [1.54, 1.807) is 34.6 Å². The highest BCUT2D eigenvalue weighted by Gasteiger charge is 2.35. The Morgan fingerprint density at radius 2 is 1.65 bits per heavy atom. The SMILES string of the molecule is CC(C)(C)OC(=O)CC(C)(C)C(=O)N[C@H](CCc1ccccc1)C(=O)O. The molecule has 0 spiro atoms. The van der Waals surface area contributed by atoms with Crippen molar-refractivity contribution in [2.75, 3.05) is 0 Å². The number of amides is 1. The van der Waals surface area contributed by atoms with Gasteiger partial charge in [-0.15, -0.1) is 0 Å². The lowest BCUT2D eigenvalue weighted by Crippen LogP contribution is -2.47. The maximum absolute atomic E-state index is 12.5. The molecule has 2 N–H and O–H groups in total. The van der Waals surface area contributed by atoms with E-state index in [1.165, 1.54) is 0 Å². The highest BCUT2D eigenvalue weighted by molar-refractivity contribution is 5.89. The van der Waals surface area contributed by atoms with Crippen LogP contribution in [0.4, 0.5) is 0 Å². The number of rotatable bonds is 8. The molecule has 6 heteroatoms. The van der Waals surface area contributed by atoms with Crippen LogP contribution in [0.15, 0.2) is 30.3 Å². The van der Waals surface area contributed by atoms with E-state index < -0.39 is 34.9 Å². The average Bonchev–Trinajstić information content (AvgIpc) is 2.49. The fourth-order valence-corrected chi connectivity index (χ4v) is 2.39. The predicted octanol–water partition coefficient (Wildman–Crippen LogP) is 2.95. The zero-order valence-corrected chi connectivity index (χ0v) is 16.2. The lowest BCUT2D eigenvalue weighted by atomic mass is 9.87. The van der Waals surface area contributed by atoms with Gasteiger partial charge in [0.25, 0.3) is 0 Å². The third-order valence-corrected chi connectivity index (χ3v) is 3.79. The second-order valence-electron chi connectivity index (χ2n) is 8.04. The average molecular weight is 363 g/mol. The molecule has 0 fully saturated rings. The number of carbonyl (C=O) groups is 3. The second-order valence-corrected chi connectivity index (χ2v) is 8.04. The molecule has 26 heavy (non-hydrogen) atoms. The van der Waals surface area contributed by atoms with Crippen LogP contribution in [-0.4, -0.2) is 34.6 Å². The topological polar surface area (TPSA) is 92.7 Å². The molecule has 0 saturated carbocycles. The summed E-state index contributed by atoms with van der Waals surface area (Å²) in [6.07, 6.45) is 0.680. The number of esters is 1. The van der Waals surface area contributed by atoms with Crippen molar-refractivity contribution in [2.24, 2.45) is 5.41 Å². The minimum atomic E-state index is -1.10. The molecule has 144 valence electrons. The highest BCUT2D eigenvalue weighted by atomic mass is 16.6. The molecule has 0 aliphatic heterocycles. The Morgan fingerprint density at radius 3 is 2.15 bits per heavy atom. The van der Waals surface area contributed by atoms with Gasteiger partial charge in [0.05, 0.1) is 11.8 Å². The summed E-state index contributed by atoms with van der Waals surface area (Å²) >= 11 is 0. The summed E-state index contributed by atoms with van der Waals surface area (Å²) in [7, 11) is 0. The predicted molar refractivity (Wildman–Crippen MR) is 98.6 cm³/mol. The first-order valence-electron chi connectivity index (χ1n) is 8.70. The first-order valence-corrected chi connectivity index (χ1v) is 8.70. The molecule has 0 aliphatic rings. The summed E-state index contributed by atoms with van der Waals surface area (Å²) in [5.41, 5.74) is -0.702. The monoisotopic (exact) mass is 363 g/mol. The molecule has 6 nitrogen and oxygen atoms in total. The van der Waals surface area contributed by atoms with Crippen molar-refractivity contribution < 1.29 is 24.2 Å². The summed E-state index contributed by atoms with van der Waals surface area (Å²) in [5, 5.41) is 11.9. The molecular weight excluding hydrogens is 334 g/mol. The maximum Gasteiger partial charge on any atom is 0.326 e. The minimum absolute atomic E-state index is 0.124. The van der Waals surface area contributed by atoms with Crippen molar-refractivity contribution in [2.45, 2.75) is 65.5 Å². The molecule has 1 atom stereocenters. The number of aryl methyl sites for hydroxylation is 1. The normalized spacial score (nSPS) is 13.0. The van der Waals surface area contributed by atoms with Gasteiger partial charge in [-0.05, 0) is 39.2 Å². The van der Waals surface area contributed by atoms with Crippen molar-refractivity contribution in [3.05, 3.63) is 35.9 Å². The molecular formula is C20H29NO5. The smallest absolute Gasteiger partial charge is 0.326 e. The fraction of sp³-hybridized carbons (Fsp3) is 0.550. The number of hydrogen-bond donors (Lipinski definition) is 2. The summed E-state index contributed by atoms with van der Waals surface area (Å²) < 4.78 is 5.25. The van der Waals surface area contributed by atoms with Crippen LogP contribution in [0.2, 0.25) is 0 Å². The van der Waals surface area contributed by atoms with Crippen molar-refractivity contribution in [3.63, 3.8) is 0 Å². The fourth-order valence-electron chi connectivity index (χ4n) is 2.39. The van der Waals surface area contributed by atoms with Crippen LogP contribution in [0.25, 0.3) is 0 Å². The highest BCUT2D eigenvalue weighted by Crippen LogP contribution is 2.23. The number of ether oxygens (including phenoxy) is 1. The molecule has 0 aromatic heterocycles. The quantitative estimate of drug-likeness (QED) is 0.693. The Kier molecular flexibility index (Phi) is 7.36. The van der Waals surface area contributed by atoms with Crippen LogP contribution < -0.4 is 5.32 Å². The van der Waals surface area contributed by atoms with Gasteiger partial charge in [0.2, 0.25) is 5.91 Å². The van der Waals surface area contributed by atoms with Gasteiger partial charge in [0, 0.05) is 0 Å².